The maximum atomic E-state index is 11.3. The quantitative estimate of drug-likeness (QED) is 0.540. The summed E-state index contributed by atoms with van der Waals surface area (Å²) in [5.74, 6) is -0.357. The predicted molar refractivity (Wildman–Crippen MR) is 53.0 cm³/mol. The van der Waals surface area contributed by atoms with Gasteiger partial charge in [-0.1, -0.05) is 0 Å². The van der Waals surface area contributed by atoms with E-state index in [1.54, 1.807) is 17.8 Å². The fourth-order valence-corrected chi connectivity index (χ4v) is 1.13. The molecule has 0 aliphatic rings. The van der Waals surface area contributed by atoms with Crippen LogP contribution in [0.15, 0.2) is 12.4 Å². The van der Waals surface area contributed by atoms with Gasteiger partial charge in [-0.05, 0) is 13.3 Å². The summed E-state index contributed by atoms with van der Waals surface area (Å²) in [6, 6.07) is 2.06. The molecule has 0 N–H and O–H groups in total. The van der Waals surface area contributed by atoms with Crippen molar-refractivity contribution in [2.75, 3.05) is 6.61 Å². The number of esters is 1. The molecular weight excluding hydrogens is 194 g/mol. The molecule has 0 radical (unpaired) electrons. The lowest BCUT2D eigenvalue weighted by Crippen LogP contribution is -2.03. The van der Waals surface area contributed by atoms with Gasteiger partial charge in [-0.25, -0.2) is 4.79 Å². The van der Waals surface area contributed by atoms with Crippen molar-refractivity contribution in [2.24, 2.45) is 0 Å². The van der Waals surface area contributed by atoms with E-state index in [0.29, 0.717) is 25.1 Å². The topological polar surface area (TPSA) is 67.9 Å². The Morgan fingerprint density at radius 3 is 3.20 bits per heavy atom. The summed E-state index contributed by atoms with van der Waals surface area (Å²) >= 11 is 0. The molecule has 0 aromatic carbocycles. The number of hydrogen-bond acceptors (Lipinski definition) is 4. The molecule has 0 saturated heterocycles. The van der Waals surface area contributed by atoms with E-state index in [4.69, 9.17) is 10.00 Å². The molecule has 0 aliphatic carbocycles. The SMILES string of the molecule is CCOC(=O)c1cnn(CCCC#N)c1. The zero-order valence-electron chi connectivity index (χ0n) is 8.64. The summed E-state index contributed by atoms with van der Waals surface area (Å²) < 4.78 is 6.46. The molecule has 0 atom stereocenters. The van der Waals surface area contributed by atoms with Crippen LogP contribution in [0.25, 0.3) is 0 Å². The van der Waals surface area contributed by atoms with E-state index in [0.717, 1.165) is 6.42 Å². The smallest absolute Gasteiger partial charge is 0.341 e. The maximum absolute atomic E-state index is 11.3. The highest BCUT2D eigenvalue weighted by atomic mass is 16.5. The maximum Gasteiger partial charge on any atom is 0.341 e. The van der Waals surface area contributed by atoms with Crippen molar-refractivity contribution in [3.05, 3.63) is 18.0 Å². The second-order valence-corrected chi connectivity index (χ2v) is 2.97. The van der Waals surface area contributed by atoms with Gasteiger partial charge in [0.05, 0.1) is 24.4 Å². The lowest BCUT2D eigenvalue weighted by molar-refractivity contribution is 0.0526. The Bertz CT molecular complexity index is 365. The molecule has 1 rings (SSSR count). The summed E-state index contributed by atoms with van der Waals surface area (Å²) in [4.78, 5) is 11.3. The average molecular weight is 207 g/mol. The van der Waals surface area contributed by atoms with E-state index in [1.165, 1.54) is 6.20 Å². The van der Waals surface area contributed by atoms with Crippen molar-refractivity contribution in [2.45, 2.75) is 26.3 Å². The number of aromatic nitrogens is 2. The van der Waals surface area contributed by atoms with Crippen LogP contribution in [-0.2, 0) is 11.3 Å². The molecule has 1 heterocycles. The second-order valence-electron chi connectivity index (χ2n) is 2.97. The molecule has 1 aromatic heterocycles. The van der Waals surface area contributed by atoms with Gasteiger partial charge in [-0.3, -0.25) is 4.68 Å². The molecule has 0 saturated carbocycles. The van der Waals surface area contributed by atoms with E-state index in [2.05, 4.69) is 11.2 Å². The zero-order chi connectivity index (χ0) is 11.1. The van der Waals surface area contributed by atoms with Crippen LogP contribution in [0.1, 0.15) is 30.1 Å². The monoisotopic (exact) mass is 207 g/mol. The van der Waals surface area contributed by atoms with Gasteiger partial charge in [0.25, 0.3) is 0 Å². The molecular formula is C10H13N3O2. The van der Waals surface area contributed by atoms with Gasteiger partial charge in [0.1, 0.15) is 0 Å². The molecule has 5 nitrogen and oxygen atoms in total. The first-order valence-corrected chi connectivity index (χ1v) is 4.84. The number of rotatable bonds is 5. The largest absolute Gasteiger partial charge is 0.462 e. The first-order chi connectivity index (χ1) is 7.27. The summed E-state index contributed by atoms with van der Waals surface area (Å²) in [6.07, 6.45) is 4.34. The van der Waals surface area contributed by atoms with Crippen molar-refractivity contribution in [3.63, 3.8) is 0 Å². The normalized spacial score (nSPS) is 9.60. The fraction of sp³-hybridized carbons (Fsp3) is 0.500. The van der Waals surface area contributed by atoms with Gasteiger partial charge >= 0.3 is 5.97 Å². The fourth-order valence-electron chi connectivity index (χ4n) is 1.13. The molecule has 0 amide bonds. The number of hydrogen-bond donors (Lipinski definition) is 0. The minimum Gasteiger partial charge on any atom is -0.462 e. The predicted octanol–water partition coefficient (Wildman–Crippen LogP) is 1.36. The average Bonchev–Trinajstić information content (AvgIpc) is 2.67. The molecule has 1 aromatic rings. The Morgan fingerprint density at radius 2 is 2.53 bits per heavy atom. The highest BCUT2D eigenvalue weighted by Gasteiger charge is 2.08. The Balaban J connectivity index is 2.49. The van der Waals surface area contributed by atoms with Crippen LogP contribution in [-0.4, -0.2) is 22.4 Å². The van der Waals surface area contributed by atoms with Crippen molar-refractivity contribution in [1.82, 2.24) is 9.78 Å². The number of nitriles is 1. The van der Waals surface area contributed by atoms with E-state index in [-0.39, 0.29) is 5.97 Å². The molecule has 0 spiro atoms. The van der Waals surface area contributed by atoms with Gasteiger partial charge in [0, 0.05) is 19.2 Å². The first kappa shape index (κ1) is 11.2. The molecule has 80 valence electrons. The van der Waals surface area contributed by atoms with Crippen LogP contribution in [0.5, 0.6) is 0 Å². The molecule has 0 bridgehead atoms. The van der Waals surface area contributed by atoms with Gasteiger partial charge in [0.2, 0.25) is 0 Å². The number of carbonyl (C=O) groups excluding carboxylic acids is 1. The van der Waals surface area contributed by atoms with Crippen LogP contribution >= 0.6 is 0 Å². The van der Waals surface area contributed by atoms with Crippen molar-refractivity contribution in [3.8, 4) is 6.07 Å². The van der Waals surface area contributed by atoms with Crippen LogP contribution in [0.4, 0.5) is 0 Å². The Labute approximate surface area is 88.3 Å². The Morgan fingerprint density at radius 1 is 1.73 bits per heavy atom. The molecule has 0 fully saturated rings. The van der Waals surface area contributed by atoms with E-state index < -0.39 is 0 Å². The number of aryl methyl sites for hydroxylation is 1. The van der Waals surface area contributed by atoms with E-state index in [1.807, 2.05) is 0 Å². The Hall–Kier alpha value is -1.83. The summed E-state index contributed by atoms with van der Waals surface area (Å²) in [6.45, 7) is 2.76. The number of unbranched alkanes of at least 4 members (excludes halogenated alkanes) is 1. The standard InChI is InChI=1S/C10H13N3O2/c1-2-15-10(14)9-7-12-13(8-9)6-4-3-5-11/h7-8H,2-4,6H2,1H3. The van der Waals surface area contributed by atoms with Crippen molar-refractivity contribution >= 4 is 5.97 Å². The van der Waals surface area contributed by atoms with Crippen molar-refractivity contribution in [1.29, 1.82) is 5.26 Å². The third-order valence-electron chi connectivity index (χ3n) is 1.82. The molecule has 5 heteroatoms. The summed E-state index contributed by atoms with van der Waals surface area (Å²) in [7, 11) is 0. The third-order valence-corrected chi connectivity index (χ3v) is 1.82. The highest BCUT2D eigenvalue weighted by molar-refractivity contribution is 5.88. The Kier molecular flexibility index (Phi) is 4.35. The van der Waals surface area contributed by atoms with Crippen LogP contribution in [0.3, 0.4) is 0 Å². The number of carbonyl (C=O) groups is 1. The van der Waals surface area contributed by atoms with E-state index >= 15 is 0 Å². The van der Waals surface area contributed by atoms with Gasteiger partial charge in [-0.2, -0.15) is 10.4 Å². The minimum atomic E-state index is -0.357. The van der Waals surface area contributed by atoms with Gasteiger partial charge in [-0.15, -0.1) is 0 Å². The van der Waals surface area contributed by atoms with Crippen LogP contribution in [0, 0.1) is 11.3 Å². The van der Waals surface area contributed by atoms with Crippen LogP contribution in [0.2, 0.25) is 0 Å². The summed E-state index contributed by atoms with van der Waals surface area (Å²) in [5.41, 5.74) is 0.453. The van der Waals surface area contributed by atoms with Crippen molar-refractivity contribution < 1.29 is 9.53 Å². The lowest BCUT2D eigenvalue weighted by Gasteiger charge is -1.97. The summed E-state index contributed by atoms with van der Waals surface area (Å²) in [5, 5.41) is 12.4. The molecule has 15 heavy (non-hydrogen) atoms. The number of nitrogens with zero attached hydrogens (tertiary/aromatic N) is 3. The number of ether oxygens (including phenoxy) is 1. The van der Waals surface area contributed by atoms with Crippen LogP contribution < -0.4 is 0 Å². The van der Waals surface area contributed by atoms with Gasteiger partial charge < -0.3 is 4.74 Å². The van der Waals surface area contributed by atoms with Gasteiger partial charge in [0.15, 0.2) is 0 Å². The first-order valence-electron chi connectivity index (χ1n) is 4.84. The minimum absolute atomic E-state index is 0.357. The second kappa shape index (κ2) is 5.81. The lowest BCUT2D eigenvalue weighted by atomic mass is 10.3. The van der Waals surface area contributed by atoms with E-state index in [9.17, 15) is 4.79 Å². The molecule has 0 aliphatic heterocycles. The third kappa shape index (κ3) is 3.43. The zero-order valence-corrected chi connectivity index (χ0v) is 8.64. The molecule has 0 unspecified atom stereocenters. The highest BCUT2D eigenvalue weighted by Crippen LogP contribution is 2.02.